The number of carbonyl (C=O) groups excluding carboxylic acids is 1. The van der Waals surface area contributed by atoms with E-state index in [1.807, 2.05) is 6.07 Å². The molecule has 1 aliphatic carbocycles. The minimum Gasteiger partial charge on any atom is -0.479 e. The zero-order chi connectivity index (χ0) is 16.0. The van der Waals surface area contributed by atoms with Crippen LogP contribution in [-0.4, -0.2) is 29.7 Å². The summed E-state index contributed by atoms with van der Waals surface area (Å²) in [5.41, 5.74) is -0.837. The average molecular weight is 305 g/mol. The van der Waals surface area contributed by atoms with Crippen LogP contribution in [0.15, 0.2) is 30.3 Å². The van der Waals surface area contributed by atoms with Gasteiger partial charge in [0.1, 0.15) is 6.61 Å². The van der Waals surface area contributed by atoms with E-state index in [1.165, 1.54) is 0 Å². The standard InChI is InChI=1S/C17H23NO4/c1-2-17(16(20)21,13-8-4-3-5-9-13)18-15(19)12-22-14-10-6-7-11-14/h3-5,8-9,14H,2,6-7,10-12H2,1H3,(H,18,19)(H,20,21). The van der Waals surface area contributed by atoms with Gasteiger partial charge in [0.15, 0.2) is 5.54 Å². The third-order valence-electron chi connectivity index (χ3n) is 4.27. The smallest absolute Gasteiger partial charge is 0.334 e. The molecule has 2 N–H and O–H groups in total. The molecule has 0 heterocycles. The molecular weight excluding hydrogens is 282 g/mol. The van der Waals surface area contributed by atoms with Crippen molar-refractivity contribution in [1.82, 2.24) is 5.32 Å². The van der Waals surface area contributed by atoms with Crippen LogP contribution in [0.5, 0.6) is 0 Å². The van der Waals surface area contributed by atoms with Crippen LogP contribution in [0.4, 0.5) is 0 Å². The van der Waals surface area contributed by atoms with Crippen molar-refractivity contribution >= 4 is 11.9 Å². The largest absolute Gasteiger partial charge is 0.479 e. The van der Waals surface area contributed by atoms with Crippen LogP contribution in [0.2, 0.25) is 0 Å². The fraction of sp³-hybridized carbons (Fsp3) is 0.529. The molecule has 1 amide bonds. The first kappa shape index (κ1) is 16.5. The lowest BCUT2D eigenvalue weighted by atomic mass is 9.87. The molecular formula is C17H23NO4. The summed E-state index contributed by atoms with van der Waals surface area (Å²) in [5, 5.41) is 12.3. The van der Waals surface area contributed by atoms with Gasteiger partial charge in [0.05, 0.1) is 6.10 Å². The van der Waals surface area contributed by atoms with E-state index in [0.717, 1.165) is 25.7 Å². The molecule has 22 heavy (non-hydrogen) atoms. The van der Waals surface area contributed by atoms with Crippen LogP contribution in [0.1, 0.15) is 44.6 Å². The summed E-state index contributed by atoms with van der Waals surface area (Å²) in [6.07, 6.45) is 4.60. The molecule has 0 spiro atoms. The van der Waals surface area contributed by atoms with Crippen molar-refractivity contribution in [2.45, 2.75) is 50.7 Å². The third-order valence-corrected chi connectivity index (χ3v) is 4.27. The number of rotatable bonds is 7. The summed E-state index contributed by atoms with van der Waals surface area (Å²) in [7, 11) is 0. The Morgan fingerprint density at radius 3 is 2.45 bits per heavy atom. The minimum atomic E-state index is -1.41. The monoisotopic (exact) mass is 305 g/mol. The van der Waals surface area contributed by atoms with Crippen LogP contribution in [0.25, 0.3) is 0 Å². The molecule has 0 saturated heterocycles. The van der Waals surface area contributed by atoms with Crippen molar-refractivity contribution < 1.29 is 19.4 Å². The van der Waals surface area contributed by atoms with Crippen LogP contribution < -0.4 is 5.32 Å². The van der Waals surface area contributed by atoms with Crippen LogP contribution >= 0.6 is 0 Å². The Morgan fingerprint density at radius 1 is 1.27 bits per heavy atom. The SMILES string of the molecule is CCC(NC(=O)COC1CCCC1)(C(=O)O)c1ccccc1. The molecule has 1 aliphatic rings. The second kappa shape index (κ2) is 7.40. The second-order valence-corrected chi connectivity index (χ2v) is 5.70. The van der Waals surface area contributed by atoms with Crippen molar-refractivity contribution in [1.29, 1.82) is 0 Å². The molecule has 1 aromatic carbocycles. The third kappa shape index (κ3) is 3.65. The van der Waals surface area contributed by atoms with Crippen LogP contribution in [0.3, 0.4) is 0 Å². The maximum absolute atomic E-state index is 12.2. The van der Waals surface area contributed by atoms with Crippen molar-refractivity contribution in [2.75, 3.05) is 6.61 Å². The van der Waals surface area contributed by atoms with E-state index in [1.54, 1.807) is 31.2 Å². The predicted molar refractivity (Wildman–Crippen MR) is 82.4 cm³/mol. The summed E-state index contributed by atoms with van der Waals surface area (Å²) in [6.45, 7) is 1.66. The van der Waals surface area contributed by atoms with Gasteiger partial charge in [0.25, 0.3) is 0 Å². The topological polar surface area (TPSA) is 75.6 Å². The van der Waals surface area contributed by atoms with E-state index in [-0.39, 0.29) is 25.0 Å². The molecule has 2 rings (SSSR count). The molecule has 0 bridgehead atoms. The van der Waals surface area contributed by atoms with Gasteiger partial charge >= 0.3 is 5.97 Å². The molecule has 1 atom stereocenters. The van der Waals surface area contributed by atoms with Crippen molar-refractivity contribution in [2.24, 2.45) is 0 Å². The molecule has 1 saturated carbocycles. The number of benzene rings is 1. The quantitative estimate of drug-likeness (QED) is 0.811. The highest BCUT2D eigenvalue weighted by molar-refractivity contribution is 5.88. The minimum absolute atomic E-state index is 0.0907. The highest BCUT2D eigenvalue weighted by atomic mass is 16.5. The number of ether oxygens (including phenoxy) is 1. The van der Waals surface area contributed by atoms with Gasteiger partial charge in [-0.2, -0.15) is 0 Å². The number of hydrogen-bond acceptors (Lipinski definition) is 3. The summed E-state index contributed by atoms with van der Waals surface area (Å²) < 4.78 is 5.57. The molecule has 1 fully saturated rings. The summed E-state index contributed by atoms with van der Waals surface area (Å²) in [5.74, 6) is -1.45. The lowest BCUT2D eigenvalue weighted by molar-refractivity contribution is -0.149. The maximum atomic E-state index is 12.2. The predicted octanol–water partition coefficient (Wildman–Crippen LogP) is 2.45. The van der Waals surface area contributed by atoms with Gasteiger partial charge in [-0.1, -0.05) is 50.1 Å². The summed E-state index contributed by atoms with van der Waals surface area (Å²) >= 11 is 0. The van der Waals surface area contributed by atoms with Gasteiger partial charge < -0.3 is 15.2 Å². The van der Waals surface area contributed by atoms with Crippen molar-refractivity contribution in [3.63, 3.8) is 0 Å². The Morgan fingerprint density at radius 2 is 1.91 bits per heavy atom. The second-order valence-electron chi connectivity index (χ2n) is 5.70. The Labute approximate surface area is 130 Å². The molecule has 0 aromatic heterocycles. The fourth-order valence-corrected chi connectivity index (χ4v) is 2.94. The van der Waals surface area contributed by atoms with Gasteiger partial charge in [0.2, 0.25) is 5.91 Å². The first-order chi connectivity index (χ1) is 10.6. The van der Waals surface area contributed by atoms with Crippen molar-refractivity contribution in [3.8, 4) is 0 Å². The number of carboxylic acid groups (broad SMARTS) is 1. The number of carbonyl (C=O) groups is 2. The maximum Gasteiger partial charge on any atom is 0.334 e. The summed E-state index contributed by atoms with van der Waals surface area (Å²) in [4.78, 5) is 23.9. The van der Waals surface area contributed by atoms with Gasteiger partial charge in [0, 0.05) is 0 Å². The van der Waals surface area contributed by atoms with E-state index in [0.29, 0.717) is 5.56 Å². The van der Waals surface area contributed by atoms with E-state index >= 15 is 0 Å². The van der Waals surface area contributed by atoms with E-state index < -0.39 is 11.5 Å². The Bertz CT molecular complexity index is 511. The Balaban J connectivity index is 2.06. The van der Waals surface area contributed by atoms with E-state index in [2.05, 4.69) is 5.32 Å². The molecule has 5 nitrogen and oxygen atoms in total. The number of nitrogens with one attached hydrogen (secondary N) is 1. The normalized spacial score (nSPS) is 17.9. The number of hydrogen-bond donors (Lipinski definition) is 2. The zero-order valence-corrected chi connectivity index (χ0v) is 12.9. The molecule has 5 heteroatoms. The molecule has 1 unspecified atom stereocenters. The van der Waals surface area contributed by atoms with E-state index in [9.17, 15) is 14.7 Å². The van der Waals surface area contributed by atoms with Gasteiger partial charge in [-0.25, -0.2) is 4.79 Å². The fourth-order valence-electron chi connectivity index (χ4n) is 2.94. The number of carboxylic acids is 1. The molecule has 0 radical (unpaired) electrons. The first-order valence-electron chi connectivity index (χ1n) is 7.80. The number of amides is 1. The highest BCUT2D eigenvalue weighted by Crippen LogP contribution is 2.26. The molecule has 0 aliphatic heterocycles. The lowest BCUT2D eigenvalue weighted by Crippen LogP contribution is -2.52. The lowest BCUT2D eigenvalue weighted by Gasteiger charge is -2.30. The van der Waals surface area contributed by atoms with Gasteiger partial charge in [-0.05, 0) is 24.8 Å². The number of aliphatic carboxylic acids is 1. The van der Waals surface area contributed by atoms with Gasteiger partial charge in [-0.15, -0.1) is 0 Å². The Hall–Kier alpha value is -1.88. The average Bonchev–Trinajstić information content (AvgIpc) is 3.04. The van der Waals surface area contributed by atoms with Crippen molar-refractivity contribution in [3.05, 3.63) is 35.9 Å². The molecule has 120 valence electrons. The van der Waals surface area contributed by atoms with Crippen LogP contribution in [0, 0.1) is 0 Å². The Kier molecular flexibility index (Phi) is 5.55. The van der Waals surface area contributed by atoms with Crippen LogP contribution in [-0.2, 0) is 19.9 Å². The zero-order valence-electron chi connectivity index (χ0n) is 12.9. The molecule has 1 aromatic rings. The van der Waals surface area contributed by atoms with Gasteiger partial charge in [-0.3, -0.25) is 4.79 Å². The highest BCUT2D eigenvalue weighted by Gasteiger charge is 2.40. The summed E-state index contributed by atoms with van der Waals surface area (Å²) in [6, 6.07) is 8.79. The van der Waals surface area contributed by atoms with E-state index in [4.69, 9.17) is 4.74 Å². The first-order valence-corrected chi connectivity index (χ1v) is 7.80.